The molecule has 4 aromatic rings. The Bertz CT molecular complexity index is 1430. The first-order valence-electron chi connectivity index (χ1n) is 12.6. The zero-order valence-electron chi connectivity index (χ0n) is 22.0. The molecule has 0 saturated heterocycles. The molecule has 5 rings (SSSR count). The number of carbonyl (C=O) groups is 1. The maximum atomic E-state index is 12.6. The van der Waals surface area contributed by atoms with Crippen LogP contribution in [0.2, 0.25) is 0 Å². The minimum absolute atomic E-state index is 0.0197. The smallest absolute Gasteiger partial charge is 0.242 e. The number of hydrogen-bond acceptors (Lipinski definition) is 8. The Morgan fingerprint density at radius 3 is 2.36 bits per heavy atom. The lowest BCUT2D eigenvalue weighted by molar-refractivity contribution is -0.121. The second-order valence-electron chi connectivity index (χ2n) is 9.43. The Morgan fingerprint density at radius 2 is 1.72 bits per heavy atom. The fourth-order valence-corrected chi connectivity index (χ4v) is 5.92. The van der Waals surface area contributed by atoms with Crippen molar-refractivity contribution in [1.82, 2.24) is 9.88 Å². The molecule has 2 N–H and O–H groups in total. The summed E-state index contributed by atoms with van der Waals surface area (Å²) < 4.78 is 18.6. The summed E-state index contributed by atoms with van der Waals surface area (Å²) in [6.45, 7) is 1.85. The number of ether oxygens (including phenoxy) is 1. The van der Waals surface area contributed by atoms with E-state index >= 15 is 0 Å². The highest BCUT2D eigenvalue weighted by molar-refractivity contribution is 7.99. The number of benzene rings is 3. The molecule has 1 aliphatic carbocycles. The fraction of sp³-hybridized carbons (Fsp3) is 0.267. The molecule has 1 unspecified atom stereocenters. The van der Waals surface area contributed by atoms with Crippen LogP contribution in [0, 0.1) is 6.92 Å². The molecule has 7 nitrogen and oxygen atoms in total. The molecule has 1 saturated carbocycles. The number of carbonyl (C=O) groups excluding carboxylic acids is 1. The van der Waals surface area contributed by atoms with Crippen molar-refractivity contribution in [2.24, 2.45) is 0 Å². The van der Waals surface area contributed by atoms with Crippen LogP contribution in [0.4, 0.5) is 0 Å². The predicted octanol–water partition coefficient (Wildman–Crippen LogP) is 6.51. The van der Waals surface area contributed by atoms with Gasteiger partial charge in [0.1, 0.15) is 18.0 Å². The molecule has 39 heavy (non-hydrogen) atoms. The highest BCUT2D eigenvalue weighted by atomic mass is 32.2. The second-order valence-corrected chi connectivity index (χ2v) is 11.2. The van der Waals surface area contributed by atoms with Crippen LogP contribution in [0.25, 0.3) is 22.5 Å². The van der Waals surface area contributed by atoms with E-state index in [2.05, 4.69) is 9.88 Å². The van der Waals surface area contributed by atoms with Crippen molar-refractivity contribution in [1.29, 1.82) is 0 Å². The third kappa shape index (κ3) is 5.86. The van der Waals surface area contributed by atoms with Gasteiger partial charge in [0.15, 0.2) is 5.76 Å². The number of aryl methyl sites for hydroxylation is 1. The van der Waals surface area contributed by atoms with Crippen molar-refractivity contribution in [3.63, 3.8) is 0 Å². The Kier molecular flexibility index (Phi) is 8.32. The van der Waals surface area contributed by atoms with Crippen molar-refractivity contribution in [3.05, 3.63) is 89.6 Å². The second kappa shape index (κ2) is 11.9. The van der Waals surface area contributed by atoms with Crippen LogP contribution >= 0.6 is 24.0 Å². The SMILES string of the molecule is COSNC(=O)C1(c2ccc(-c3ccc(-c4onc(C)c4C(O)CSc4cccc(OC)c4)cc3)cc2)CC1. The van der Waals surface area contributed by atoms with Crippen LogP contribution in [-0.2, 0) is 14.4 Å². The summed E-state index contributed by atoms with van der Waals surface area (Å²) in [6.07, 6.45) is 0.920. The van der Waals surface area contributed by atoms with E-state index in [1.165, 1.54) is 7.11 Å². The lowest BCUT2D eigenvalue weighted by Gasteiger charge is -2.15. The predicted molar refractivity (Wildman–Crippen MR) is 154 cm³/mol. The van der Waals surface area contributed by atoms with Crippen LogP contribution in [0.1, 0.15) is 35.8 Å². The van der Waals surface area contributed by atoms with Crippen molar-refractivity contribution >= 4 is 29.9 Å². The number of nitrogens with one attached hydrogen (secondary N) is 1. The van der Waals surface area contributed by atoms with Gasteiger partial charge in [0.25, 0.3) is 0 Å². The Balaban J connectivity index is 1.29. The van der Waals surface area contributed by atoms with E-state index in [4.69, 9.17) is 13.4 Å². The molecule has 1 amide bonds. The maximum Gasteiger partial charge on any atom is 0.242 e. The average Bonchev–Trinajstić information content (AvgIpc) is 3.70. The van der Waals surface area contributed by atoms with Gasteiger partial charge in [-0.2, -0.15) is 0 Å². The largest absolute Gasteiger partial charge is 0.497 e. The van der Waals surface area contributed by atoms with Crippen LogP contribution < -0.4 is 9.46 Å². The third-order valence-corrected chi connectivity index (χ3v) is 8.52. The van der Waals surface area contributed by atoms with Crippen molar-refractivity contribution in [2.75, 3.05) is 20.0 Å². The topological polar surface area (TPSA) is 93.8 Å². The number of rotatable bonds is 11. The first kappa shape index (κ1) is 27.3. The number of hydrogen-bond donors (Lipinski definition) is 2. The summed E-state index contributed by atoms with van der Waals surface area (Å²) in [5.74, 6) is 1.79. The Hall–Kier alpha value is -3.24. The molecule has 0 aliphatic heterocycles. The van der Waals surface area contributed by atoms with Crippen LogP contribution in [0.5, 0.6) is 5.75 Å². The lowest BCUT2D eigenvalue weighted by Crippen LogP contribution is -2.30. The quantitative estimate of drug-likeness (QED) is 0.121. The first-order valence-corrected chi connectivity index (χ1v) is 14.3. The van der Waals surface area contributed by atoms with Gasteiger partial charge in [-0.3, -0.25) is 9.52 Å². The van der Waals surface area contributed by atoms with Gasteiger partial charge in [0.05, 0.1) is 37.0 Å². The molecule has 0 radical (unpaired) electrons. The molecule has 3 aromatic carbocycles. The Labute approximate surface area is 236 Å². The third-order valence-electron chi connectivity index (χ3n) is 7.01. The van der Waals surface area contributed by atoms with Crippen molar-refractivity contribution < 1.29 is 23.3 Å². The summed E-state index contributed by atoms with van der Waals surface area (Å²) in [4.78, 5) is 13.6. The molecule has 0 bridgehead atoms. The van der Waals surface area contributed by atoms with Crippen LogP contribution in [0.3, 0.4) is 0 Å². The van der Waals surface area contributed by atoms with Gasteiger partial charge in [-0.15, -0.1) is 11.8 Å². The standard InChI is InChI=1S/C30H30N2O5S2/c1-19-27(26(33)18-38-25-6-4-5-24(17-25)35-2)28(37-31-19)22-9-7-20(8-10-22)21-11-13-23(14-12-21)30(15-16-30)29(34)32-39-36-3/h4-14,17,26,33H,15-16,18H2,1-3H3,(H,32,34). The molecule has 1 fully saturated rings. The number of nitrogens with zero attached hydrogens (tertiary/aromatic N) is 1. The molecule has 1 aliphatic rings. The number of aliphatic hydroxyl groups excluding tert-OH is 1. The van der Waals surface area contributed by atoms with E-state index in [0.717, 1.165) is 58.0 Å². The highest BCUT2D eigenvalue weighted by Gasteiger charge is 2.51. The van der Waals surface area contributed by atoms with E-state index < -0.39 is 11.5 Å². The Morgan fingerprint density at radius 1 is 1.05 bits per heavy atom. The number of amides is 1. The molecule has 202 valence electrons. The van der Waals surface area contributed by atoms with Gasteiger partial charge in [0, 0.05) is 16.2 Å². The van der Waals surface area contributed by atoms with E-state index in [0.29, 0.717) is 22.8 Å². The number of aromatic nitrogens is 1. The molecule has 1 aromatic heterocycles. The van der Waals surface area contributed by atoms with E-state index in [1.54, 1.807) is 18.9 Å². The van der Waals surface area contributed by atoms with Gasteiger partial charge < -0.3 is 18.5 Å². The minimum Gasteiger partial charge on any atom is -0.497 e. The van der Waals surface area contributed by atoms with Crippen molar-refractivity contribution in [2.45, 2.75) is 36.2 Å². The zero-order chi connectivity index (χ0) is 27.4. The number of thioether (sulfide) groups is 1. The van der Waals surface area contributed by atoms with Gasteiger partial charge in [0.2, 0.25) is 5.91 Å². The van der Waals surface area contributed by atoms with Crippen LogP contribution in [-0.4, -0.2) is 36.1 Å². The average molecular weight is 563 g/mol. The maximum absolute atomic E-state index is 12.6. The first-order chi connectivity index (χ1) is 18.9. The summed E-state index contributed by atoms with van der Waals surface area (Å²) in [6, 6.07) is 23.9. The molecular weight excluding hydrogens is 532 g/mol. The molecule has 1 heterocycles. The summed E-state index contributed by atoms with van der Waals surface area (Å²) in [7, 11) is 3.17. The molecule has 9 heteroatoms. The van der Waals surface area contributed by atoms with Crippen LogP contribution in [0.15, 0.2) is 82.2 Å². The minimum atomic E-state index is -0.746. The molecular formula is C30H30N2O5S2. The highest BCUT2D eigenvalue weighted by Crippen LogP contribution is 2.49. The number of methoxy groups -OCH3 is 1. The van der Waals surface area contributed by atoms with Gasteiger partial charge in [-0.05, 0) is 54.7 Å². The molecule has 1 atom stereocenters. The van der Waals surface area contributed by atoms with E-state index in [1.807, 2.05) is 79.7 Å². The molecule has 0 spiro atoms. The van der Waals surface area contributed by atoms with Gasteiger partial charge in [-0.25, -0.2) is 0 Å². The van der Waals surface area contributed by atoms with Crippen molar-refractivity contribution in [3.8, 4) is 28.2 Å². The lowest BCUT2D eigenvalue weighted by atomic mass is 9.93. The van der Waals surface area contributed by atoms with Gasteiger partial charge >= 0.3 is 0 Å². The monoisotopic (exact) mass is 562 g/mol. The summed E-state index contributed by atoms with van der Waals surface area (Å²) >= 11 is 2.50. The van der Waals surface area contributed by atoms with E-state index in [-0.39, 0.29) is 5.91 Å². The summed E-state index contributed by atoms with van der Waals surface area (Å²) in [5, 5.41) is 15.2. The van der Waals surface area contributed by atoms with E-state index in [9.17, 15) is 9.90 Å². The zero-order valence-corrected chi connectivity index (χ0v) is 23.6. The fourth-order valence-electron chi connectivity index (χ4n) is 4.67. The summed E-state index contributed by atoms with van der Waals surface area (Å²) in [5.41, 5.74) is 4.87. The van der Waals surface area contributed by atoms with Gasteiger partial charge in [-0.1, -0.05) is 59.8 Å². The number of aliphatic hydroxyl groups is 1. The normalized spacial score (nSPS) is 14.6.